The molecule has 0 aliphatic carbocycles. The topological polar surface area (TPSA) is 42.0 Å². The Hall–Kier alpha value is -1.33. The molecule has 5 heteroatoms. The molecular weight excluding hydrogens is 360 g/mol. The number of pyridine rings is 1. The second-order valence-electron chi connectivity index (χ2n) is 5.97. The number of nitrogens with zero attached hydrogens (tertiary/aromatic N) is 1. The van der Waals surface area contributed by atoms with Gasteiger partial charge in [-0.15, -0.1) is 11.8 Å². The minimum Gasteiger partial charge on any atom is -0.310 e. The normalized spacial score (nSPS) is 11.3. The highest BCUT2D eigenvalue weighted by atomic mass is 79.9. The minimum absolute atomic E-state index is 0.0558. The number of hydrogen-bond donors (Lipinski definition) is 1. The average molecular weight is 379 g/mol. The van der Waals surface area contributed by atoms with Crippen LogP contribution < -0.4 is 5.32 Å². The summed E-state index contributed by atoms with van der Waals surface area (Å²) in [6, 6.07) is 12.0. The van der Waals surface area contributed by atoms with Crippen LogP contribution in [0.15, 0.2) is 52.0 Å². The van der Waals surface area contributed by atoms with Crippen molar-refractivity contribution in [3.63, 3.8) is 0 Å². The average Bonchev–Trinajstić information content (AvgIpc) is 2.47. The maximum atomic E-state index is 11.9. The van der Waals surface area contributed by atoms with E-state index in [9.17, 15) is 4.79 Å². The number of carbonyl (C=O) groups excluding carboxylic acids is 1. The first kappa shape index (κ1) is 17.0. The second kappa shape index (κ2) is 7.29. The number of rotatable bonds is 4. The molecule has 116 valence electrons. The predicted octanol–water partition coefficient (Wildman–Crippen LogP) is 4.87. The van der Waals surface area contributed by atoms with E-state index in [0.29, 0.717) is 11.6 Å². The Morgan fingerprint density at radius 2 is 1.86 bits per heavy atom. The summed E-state index contributed by atoms with van der Waals surface area (Å²) in [6.45, 7) is 6.56. The fourth-order valence-corrected chi connectivity index (χ4v) is 2.76. The van der Waals surface area contributed by atoms with Crippen molar-refractivity contribution in [3.8, 4) is 0 Å². The van der Waals surface area contributed by atoms with Crippen LogP contribution in [0.4, 0.5) is 5.82 Å². The van der Waals surface area contributed by atoms with E-state index in [0.717, 1.165) is 9.37 Å². The molecule has 3 nitrogen and oxygen atoms in total. The van der Waals surface area contributed by atoms with Gasteiger partial charge in [0.1, 0.15) is 5.82 Å². The molecule has 0 bridgehead atoms. The Balaban J connectivity index is 1.87. The summed E-state index contributed by atoms with van der Waals surface area (Å²) >= 11 is 4.83. The lowest BCUT2D eigenvalue weighted by molar-refractivity contribution is -0.113. The van der Waals surface area contributed by atoms with Crippen molar-refractivity contribution < 1.29 is 4.79 Å². The van der Waals surface area contributed by atoms with Crippen molar-refractivity contribution in [2.75, 3.05) is 11.1 Å². The van der Waals surface area contributed by atoms with Crippen molar-refractivity contribution >= 4 is 39.4 Å². The van der Waals surface area contributed by atoms with Crippen molar-refractivity contribution in [3.05, 3.63) is 52.6 Å². The predicted molar refractivity (Wildman–Crippen MR) is 96.4 cm³/mol. The zero-order chi connectivity index (χ0) is 16.2. The highest BCUT2D eigenvalue weighted by molar-refractivity contribution is 9.10. The molecule has 0 unspecified atom stereocenters. The standard InChI is InChI=1S/C17H19BrN2OS/c1-17(2,3)12-4-7-14(8-5-12)22-11-16(21)20-15-9-6-13(18)10-19-15/h4-10H,11H2,1-3H3,(H,19,20,21). The van der Waals surface area contributed by atoms with Gasteiger partial charge >= 0.3 is 0 Å². The summed E-state index contributed by atoms with van der Waals surface area (Å²) in [4.78, 5) is 17.1. The molecule has 2 rings (SSSR count). The molecule has 0 fully saturated rings. The summed E-state index contributed by atoms with van der Waals surface area (Å²) in [5.41, 5.74) is 1.44. The zero-order valence-corrected chi connectivity index (χ0v) is 15.3. The van der Waals surface area contributed by atoms with Crippen molar-refractivity contribution in [1.29, 1.82) is 0 Å². The molecule has 0 radical (unpaired) electrons. The first-order valence-electron chi connectivity index (χ1n) is 6.99. The summed E-state index contributed by atoms with van der Waals surface area (Å²) in [5.74, 6) is 0.878. The van der Waals surface area contributed by atoms with E-state index in [1.165, 1.54) is 17.3 Å². The van der Waals surface area contributed by atoms with Crippen LogP contribution in [-0.4, -0.2) is 16.6 Å². The molecule has 22 heavy (non-hydrogen) atoms. The van der Waals surface area contributed by atoms with Gasteiger partial charge in [-0.3, -0.25) is 4.79 Å². The van der Waals surface area contributed by atoms with Gasteiger partial charge in [0.25, 0.3) is 0 Å². The quantitative estimate of drug-likeness (QED) is 0.771. The molecule has 1 aromatic heterocycles. The number of halogens is 1. The third-order valence-electron chi connectivity index (χ3n) is 3.09. The lowest BCUT2D eigenvalue weighted by atomic mass is 9.87. The molecule has 0 aliphatic rings. The zero-order valence-electron chi connectivity index (χ0n) is 12.9. The van der Waals surface area contributed by atoms with Crippen LogP contribution in [0.1, 0.15) is 26.3 Å². The van der Waals surface area contributed by atoms with Crippen LogP contribution in [0.3, 0.4) is 0 Å². The number of nitrogens with one attached hydrogen (secondary N) is 1. The maximum absolute atomic E-state index is 11.9. The van der Waals surface area contributed by atoms with E-state index in [-0.39, 0.29) is 11.3 Å². The van der Waals surface area contributed by atoms with E-state index in [2.05, 4.69) is 71.3 Å². The van der Waals surface area contributed by atoms with Crippen LogP contribution in [-0.2, 0) is 10.2 Å². The molecule has 0 saturated heterocycles. The third kappa shape index (κ3) is 5.14. The SMILES string of the molecule is CC(C)(C)c1ccc(SCC(=O)Nc2ccc(Br)cn2)cc1. The third-order valence-corrected chi connectivity index (χ3v) is 4.57. The number of amides is 1. The van der Waals surface area contributed by atoms with Crippen LogP contribution in [0.5, 0.6) is 0 Å². The Labute approximate surface area is 144 Å². The molecule has 1 heterocycles. The van der Waals surface area contributed by atoms with Gasteiger partial charge in [0.2, 0.25) is 5.91 Å². The van der Waals surface area contributed by atoms with Gasteiger partial charge in [0, 0.05) is 15.6 Å². The Morgan fingerprint density at radius 3 is 2.41 bits per heavy atom. The highest BCUT2D eigenvalue weighted by Gasteiger charge is 2.13. The highest BCUT2D eigenvalue weighted by Crippen LogP contribution is 2.25. The van der Waals surface area contributed by atoms with E-state index < -0.39 is 0 Å². The van der Waals surface area contributed by atoms with E-state index in [1.807, 2.05) is 6.07 Å². The molecule has 2 aromatic rings. The van der Waals surface area contributed by atoms with Gasteiger partial charge in [0.05, 0.1) is 5.75 Å². The largest absolute Gasteiger partial charge is 0.310 e. The van der Waals surface area contributed by atoms with E-state index >= 15 is 0 Å². The van der Waals surface area contributed by atoms with E-state index in [4.69, 9.17) is 0 Å². The number of carbonyl (C=O) groups is 1. The van der Waals surface area contributed by atoms with Crippen molar-refractivity contribution in [1.82, 2.24) is 4.98 Å². The minimum atomic E-state index is -0.0558. The van der Waals surface area contributed by atoms with Crippen LogP contribution in [0.2, 0.25) is 0 Å². The first-order valence-corrected chi connectivity index (χ1v) is 8.77. The summed E-state index contributed by atoms with van der Waals surface area (Å²) in [6.07, 6.45) is 1.66. The van der Waals surface area contributed by atoms with Gasteiger partial charge in [-0.2, -0.15) is 0 Å². The van der Waals surface area contributed by atoms with Crippen LogP contribution in [0.25, 0.3) is 0 Å². The van der Waals surface area contributed by atoms with Crippen LogP contribution >= 0.6 is 27.7 Å². The lowest BCUT2D eigenvalue weighted by Gasteiger charge is -2.19. The summed E-state index contributed by atoms with van der Waals surface area (Å²) in [7, 11) is 0. The van der Waals surface area contributed by atoms with Crippen molar-refractivity contribution in [2.45, 2.75) is 31.1 Å². The molecule has 1 aromatic carbocycles. The number of thioether (sulfide) groups is 1. The molecule has 0 aliphatic heterocycles. The number of anilines is 1. The second-order valence-corrected chi connectivity index (χ2v) is 7.94. The number of aromatic nitrogens is 1. The Bertz CT molecular complexity index is 633. The van der Waals surface area contributed by atoms with Crippen LogP contribution in [0, 0.1) is 0 Å². The van der Waals surface area contributed by atoms with E-state index in [1.54, 1.807) is 12.3 Å². The molecule has 0 atom stereocenters. The first-order chi connectivity index (χ1) is 10.3. The monoisotopic (exact) mass is 378 g/mol. The van der Waals surface area contributed by atoms with Crippen molar-refractivity contribution in [2.24, 2.45) is 0 Å². The maximum Gasteiger partial charge on any atom is 0.235 e. The Kier molecular flexibility index (Phi) is 5.64. The fraction of sp³-hybridized carbons (Fsp3) is 0.294. The fourth-order valence-electron chi connectivity index (χ4n) is 1.83. The van der Waals surface area contributed by atoms with Gasteiger partial charge < -0.3 is 5.32 Å². The lowest BCUT2D eigenvalue weighted by Crippen LogP contribution is -2.15. The summed E-state index contributed by atoms with van der Waals surface area (Å²) in [5, 5.41) is 2.78. The molecule has 1 amide bonds. The molecule has 1 N–H and O–H groups in total. The number of hydrogen-bond acceptors (Lipinski definition) is 3. The number of benzene rings is 1. The Morgan fingerprint density at radius 1 is 1.18 bits per heavy atom. The van der Waals surface area contributed by atoms with Gasteiger partial charge in [-0.25, -0.2) is 4.98 Å². The van der Waals surface area contributed by atoms with Gasteiger partial charge in [-0.05, 0) is 51.2 Å². The van der Waals surface area contributed by atoms with Gasteiger partial charge in [-0.1, -0.05) is 32.9 Å². The molecular formula is C17H19BrN2OS. The smallest absolute Gasteiger partial charge is 0.235 e. The summed E-state index contributed by atoms with van der Waals surface area (Å²) < 4.78 is 0.888. The van der Waals surface area contributed by atoms with Gasteiger partial charge in [0.15, 0.2) is 0 Å². The molecule has 0 saturated carbocycles. The molecule has 0 spiro atoms.